The number of ether oxygens (including phenoxy) is 1. The number of esters is 1. The van der Waals surface area contributed by atoms with E-state index in [2.05, 4.69) is 22.0 Å². The van der Waals surface area contributed by atoms with Gasteiger partial charge in [0.25, 0.3) is 11.8 Å². The molecule has 0 aliphatic carbocycles. The summed E-state index contributed by atoms with van der Waals surface area (Å²) in [7, 11) is 0. The smallest absolute Gasteiger partial charge is 0.352 e. The van der Waals surface area contributed by atoms with Crippen LogP contribution in [0.3, 0.4) is 0 Å². The molecule has 0 radical (unpaired) electrons. The monoisotopic (exact) mass is 619 g/mol. The van der Waals surface area contributed by atoms with E-state index in [1.54, 1.807) is 0 Å². The third-order valence-electron chi connectivity index (χ3n) is 6.51. The minimum absolute atomic E-state index is 0.0693. The third-order valence-corrected chi connectivity index (χ3v) is 8.48. The van der Waals surface area contributed by atoms with E-state index in [1.165, 1.54) is 23.2 Å². The molecule has 0 bridgehead atoms. The molecule has 3 aromatic rings. The molecule has 1 aromatic heterocycles. The summed E-state index contributed by atoms with van der Waals surface area (Å²) in [5, 5.41) is 17.1. The molecule has 4 N–H and O–H groups in total. The van der Waals surface area contributed by atoms with Crippen LogP contribution >= 0.6 is 23.1 Å². The zero-order chi connectivity index (χ0) is 30.5. The molecule has 2 atom stereocenters. The predicted molar refractivity (Wildman–Crippen MR) is 160 cm³/mol. The van der Waals surface area contributed by atoms with Crippen LogP contribution < -0.4 is 11.1 Å². The van der Waals surface area contributed by atoms with Crippen molar-refractivity contribution in [2.75, 3.05) is 18.1 Å². The number of nitrogen functional groups attached to an aromatic ring is 1. The highest BCUT2D eigenvalue weighted by molar-refractivity contribution is 8.00. The molecule has 1 saturated heterocycles. The van der Waals surface area contributed by atoms with Gasteiger partial charge in [-0.1, -0.05) is 78.5 Å². The Bertz CT molecular complexity index is 1580. The van der Waals surface area contributed by atoms with Crippen molar-refractivity contribution in [2.45, 2.75) is 17.5 Å². The molecule has 2 aliphatic heterocycles. The molecule has 1 unspecified atom stereocenters. The quantitative estimate of drug-likeness (QED) is 0.125. The summed E-state index contributed by atoms with van der Waals surface area (Å²) in [6.07, 6.45) is 0.698. The lowest BCUT2D eigenvalue weighted by molar-refractivity contribution is -0.153. The number of aliphatic carboxylic acids is 1. The number of oxime groups is 1. The van der Waals surface area contributed by atoms with Crippen LogP contribution in [0.15, 0.2) is 95.1 Å². The van der Waals surface area contributed by atoms with Crippen LogP contribution in [0.1, 0.15) is 22.9 Å². The molecule has 2 aliphatic rings. The minimum atomic E-state index is -1.26. The van der Waals surface area contributed by atoms with Crippen LogP contribution in [0, 0.1) is 0 Å². The van der Waals surface area contributed by atoms with E-state index < -0.39 is 47.9 Å². The largest absolute Gasteiger partial charge is 0.477 e. The van der Waals surface area contributed by atoms with Crippen LogP contribution in [0.2, 0.25) is 0 Å². The number of carbonyl (C=O) groups excluding carboxylic acids is 3. The van der Waals surface area contributed by atoms with Gasteiger partial charge in [0.1, 0.15) is 22.8 Å². The second kappa shape index (κ2) is 12.9. The predicted octanol–water partition coefficient (Wildman–Crippen LogP) is 2.70. The lowest BCUT2D eigenvalue weighted by Gasteiger charge is -2.49. The molecule has 12 nitrogen and oxygen atoms in total. The van der Waals surface area contributed by atoms with Gasteiger partial charge in [-0.25, -0.2) is 14.6 Å². The van der Waals surface area contributed by atoms with Crippen molar-refractivity contribution >= 4 is 57.7 Å². The number of β-lactam (4-membered cyclic amide) rings is 1. The maximum absolute atomic E-state index is 13.3. The van der Waals surface area contributed by atoms with Crippen LogP contribution in [-0.4, -0.2) is 68.2 Å². The van der Waals surface area contributed by atoms with Gasteiger partial charge in [-0.3, -0.25) is 14.5 Å². The van der Waals surface area contributed by atoms with Crippen molar-refractivity contribution in [3.05, 3.63) is 107 Å². The highest BCUT2D eigenvalue weighted by atomic mass is 32.2. The number of thiazole rings is 1. The molecule has 3 heterocycles. The molecular weight excluding hydrogens is 594 g/mol. The maximum Gasteiger partial charge on any atom is 0.352 e. The topological polar surface area (TPSA) is 174 Å². The van der Waals surface area contributed by atoms with Gasteiger partial charge in [0, 0.05) is 11.1 Å². The van der Waals surface area contributed by atoms with E-state index >= 15 is 0 Å². The number of fused-ring (bicyclic) bond motifs is 1. The molecule has 43 heavy (non-hydrogen) atoms. The van der Waals surface area contributed by atoms with E-state index in [-0.39, 0.29) is 22.2 Å². The number of hydrogen-bond acceptors (Lipinski definition) is 11. The van der Waals surface area contributed by atoms with Crippen LogP contribution in [0.25, 0.3) is 0 Å². The number of nitrogens with zero attached hydrogens (tertiary/aromatic N) is 3. The Morgan fingerprint density at radius 2 is 1.81 bits per heavy atom. The number of aromatic nitrogens is 1. The first-order chi connectivity index (χ1) is 20.8. The maximum atomic E-state index is 13.3. The van der Waals surface area contributed by atoms with E-state index in [4.69, 9.17) is 15.3 Å². The van der Waals surface area contributed by atoms with Crippen molar-refractivity contribution in [1.29, 1.82) is 0 Å². The minimum Gasteiger partial charge on any atom is -0.477 e. The van der Waals surface area contributed by atoms with Crippen LogP contribution in [0.5, 0.6) is 0 Å². The molecule has 1 fully saturated rings. The molecule has 2 amide bonds. The van der Waals surface area contributed by atoms with E-state index in [0.717, 1.165) is 27.4 Å². The van der Waals surface area contributed by atoms with Gasteiger partial charge in [-0.05, 0) is 16.7 Å². The summed E-state index contributed by atoms with van der Waals surface area (Å²) < 4.78 is 5.71. The summed E-state index contributed by atoms with van der Waals surface area (Å²) >= 11 is 2.34. The van der Waals surface area contributed by atoms with Crippen LogP contribution in [0.4, 0.5) is 5.13 Å². The number of nitrogens with two attached hydrogens (primary N) is 1. The fourth-order valence-electron chi connectivity index (χ4n) is 4.51. The van der Waals surface area contributed by atoms with Gasteiger partial charge in [0.05, 0.1) is 0 Å². The zero-order valence-corrected chi connectivity index (χ0v) is 24.0. The summed E-state index contributed by atoms with van der Waals surface area (Å²) in [5.41, 5.74) is 7.25. The highest BCUT2D eigenvalue weighted by Gasteiger charge is 2.54. The Morgan fingerprint density at radius 3 is 2.37 bits per heavy atom. The summed E-state index contributed by atoms with van der Waals surface area (Å²) in [6, 6.07) is 17.3. The number of anilines is 1. The Kier molecular flexibility index (Phi) is 8.87. The standard InChI is InChI=1S/C29H25N5O7S2/c1-2-16-14-42-27-22(26(37)34(27)23(16)28(38)39)32-25(36)21(19-15-43-29(30)31-19)33-40-13-20(35)41-24(17-9-5-3-6-10-17)18-11-7-4-8-12-18/h2-12,15,22,24,27H,1,13-14H2,(H2,30,31)(H,32,36)(H,38,39)/t22?,27-/m1/s1. The fraction of sp³-hybridized carbons (Fsp3) is 0.172. The second-order valence-electron chi connectivity index (χ2n) is 9.22. The van der Waals surface area contributed by atoms with Gasteiger partial charge in [0.2, 0.25) is 6.61 Å². The normalized spacial score (nSPS) is 18.0. The number of allylic oxidation sites excluding steroid dienone is 1. The number of amides is 2. The van der Waals surface area contributed by atoms with Gasteiger partial charge >= 0.3 is 11.9 Å². The molecule has 220 valence electrons. The SMILES string of the molecule is C=CC1=C(C(=O)O)N2C(=O)C(NC(=O)C(=NOCC(=O)OC(c3ccccc3)c3ccccc3)c3csc(N)n3)[C@H]2SC1. The summed E-state index contributed by atoms with van der Waals surface area (Å²) in [4.78, 5) is 61.2. The number of carboxylic acids is 1. The molecule has 0 spiro atoms. The first kappa shape index (κ1) is 29.5. The number of hydrogen-bond donors (Lipinski definition) is 3. The van der Waals surface area contributed by atoms with E-state index in [1.807, 2.05) is 60.7 Å². The third kappa shape index (κ3) is 6.29. The number of nitrogens with one attached hydrogen (secondary N) is 1. The Balaban J connectivity index is 1.29. The lowest BCUT2D eigenvalue weighted by atomic mass is 10.0. The van der Waals surface area contributed by atoms with E-state index in [9.17, 15) is 24.3 Å². The van der Waals surface area contributed by atoms with Gasteiger partial charge < -0.3 is 25.7 Å². The first-order valence-corrected chi connectivity index (χ1v) is 14.8. The Labute approximate surface area is 253 Å². The fourth-order valence-corrected chi connectivity index (χ4v) is 6.40. The molecule has 14 heteroatoms. The van der Waals surface area contributed by atoms with Crippen molar-refractivity contribution in [1.82, 2.24) is 15.2 Å². The average Bonchev–Trinajstić information content (AvgIpc) is 3.46. The van der Waals surface area contributed by atoms with Crippen molar-refractivity contribution in [3.8, 4) is 0 Å². The molecule has 5 rings (SSSR count). The number of thioether (sulfide) groups is 1. The first-order valence-electron chi connectivity index (χ1n) is 12.8. The summed E-state index contributed by atoms with van der Waals surface area (Å²) in [5.74, 6) is -3.13. The number of carboxylic acid groups (broad SMARTS) is 1. The second-order valence-corrected chi connectivity index (χ2v) is 11.2. The highest BCUT2D eigenvalue weighted by Crippen LogP contribution is 2.40. The molecule has 2 aromatic carbocycles. The average molecular weight is 620 g/mol. The zero-order valence-electron chi connectivity index (χ0n) is 22.4. The number of rotatable bonds is 11. The molecule has 0 saturated carbocycles. The van der Waals surface area contributed by atoms with Crippen LogP contribution in [-0.2, 0) is 28.8 Å². The lowest BCUT2D eigenvalue weighted by Crippen LogP contribution is -2.71. The van der Waals surface area contributed by atoms with Gasteiger partial charge in [-0.15, -0.1) is 23.1 Å². The van der Waals surface area contributed by atoms with Gasteiger partial charge in [-0.2, -0.15) is 0 Å². The van der Waals surface area contributed by atoms with E-state index in [0.29, 0.717) is 11.3 Å². The number of benzene rings is 2. The summed E-state index contributed by atoms with van der Waals surface area (Å²) in [6.45, 7) is 2.99. The van der Waals surface area contributed by atoms with Gasteiger partial charge in [0.15, 0.2) is 16.9 Å². The Hall–Kier alpha value is -4.95. The number of carbonyl (C=O) groups is 4. The van der Waals surface area contributed by atoms with Crippen molar-refractivity contribution in [2.24, 2.45) is 5.16 Å². The van der Waals surface area contributed by atoms with Crippen molar-refractivity contribution < 1.29 is 33.9 Å². The van der Waals surface area contributed by atoms with Crippen molar-refractivity contribution in [3.63, 3.8) is 0 Å². The Morgan fingerprint density at radius 1 is 1.16 bits per heavy atom. The molecular formula is C29H25N5O7S2.